The predicted octanol–water partition coefficient (Wildman–Crippen LogP) is -0.195. The number of rotatable bonds is 3. The molecule has 0 aliphatic carbocycles. The van der Waals surface area contributed by atoms with E-state index in [9.17, 15) is 9.59 Å². The molecule has 0 radical (unpaired) electrons. The molecule has 6 heteroatoms. The van der Waals surface area contributed by atoms with Gasteiger partial charge in [-0.3, -0.25) is 9.59 Å². The largest absolute Gasteiger partial charge is 0.369 e. The van der Waals surface area contributed by atoms with Crippen LogP contribution in [0.4, 0.5) is 0 Å². The number of carbonyl (C=O) groups is 2. The highest BCUT2D eigenvalue weighted by molar-refractivity contribution is 7.99. The minimum absolute atomic E-state index is 0.139. The number of thioether (sulfide) groups is 1. The van der Waals surface area contributed by atoms with Gasteiger partial charge in [0.2, 0.25) is 11.8 Å². The monoisotopic (exact) mass is 271 g/mol. The van der Waals surface area contributed by atoms with Crippen molar-refractivity contribution in [3.05, 3.63) is 0 Å². The van der Waals surface area contributed by atoms with Crippen LogP contribution in [0.2, 0.25) is 0 Å². The van der Waals surface area contributed by atoms with E-state index >= 15 is 0 Å². The summed E-state index contributed by atoms with van der Waals surface area (Å²) in [7, 11) is 0. The number of nitrogens with one attached hydrogen (secondary N) is 1. The molecular formula is C12H21N3O2S. The number of primary amides is 1. The van der Waals surface area contributed by atoms with Gasteiger partial charge in [0.15, 0.2) is 0 Å². The van der Waals surface area contributed by atoms with E-state index in [2.05, 4.69) is 5.32 Å². The molecule has 2 fully saturated rings. The predicted molar refractivity (Wildman–Crippen MR) is 72.2 cm³/mol. The van der Waals surface area contributed by atoms with Crippen molar-refractivity contribution in [3.63, 3.8) is 0 Å². The molecule has 2 heterocycles. The van der Waals surface area contributed by atoms with Crippen LogP contribution in [0.25, 0.3) is 0 Å². The van der Waals surface area contributed by atoms with Gasteiger partial charge in [-0.05, 0) is 13.3 Å². The maximum absolute atomic E-state index is 12.1. The summed E-state index contributed by atoms with van der Waals surface area (Å²) in [5, 5.41) is 3.36. The molecule has 0 aromatic heterocycles. The fourth-order valence-corrected chi connectivity index (χ4v) is 3.41. The molecule has 2 unspecified atom stereocenters. The van der Waals surface area contributed by atoms with E-state index in [1.807, 2.05) is 18.7 Å². The lowest BCUT2D eigenvalue weighted by Crippen LogP contribution is -2.43. The van der Waals surface area contributed by atoms with Crippen molar-refractivity contribution >= 4 is 23.6 Å². The number of carbonyl (C=O) groups excluding carboxylic acids is 2. The van der Waals surface area contributed by atoms with E-state index in [0.29, 0.717) is 25.9 Å². The van der Waals surface area contributed by atoms with Crippen LogP contribution in [0.15, 0.2) is 0 Å². The molecule has 102 valence electrons. The Hall–Kier alpha value is -0.750. The third-order valence-electron chi connectivity index (χ3n) is 3.84. The van der Waals surface area contributed by atoms with Crippen molar-refractivity contribution in [1.29, 1.82) is 0 Å². The third kappa shape index (κ3) is 2.98. The molecule has 0 bridgehead atoms. The SMILES string of the molecule is CC1(C(N)=O)CCN(C(=O)CC2CSCCN2)C1. The zero-order chi connectivity index (χ0) is 13.2. The van der Waals surface area contributed by atoms with Gasteiger partial charge in [0.05, 0.1) is 5.41 Å². The molecular weight excluding hydrogens is 250 g/mol. The molecule has 2 rings (SSSR count). The van der Waals surface area contributed by atoms with Crippen LogP contribution >= 0.6 is 11.8 Å². The molecule has 0 spiro atoms. The summed E-state index contributed by atoms with van der Waals surface area (Å²) in [5.74, 6) is 1.95. The Labute approximate surface area is 112 Å². The van der Waals surface area contributed by atoms with Crippen LogP contribution in [0.5, 0.6) is 0 Å². The molecule has 2 saturated heterocycles. The maximum atomic E-state index is 12.1. The average molecular weight is 271 g/mol. The highest BCUT2D eigenvalue weighted by Crippen LogP contribution is 2.30. The van der Waals surface area contributed by atoms with Crippen molar-refractivity contribution in [2.24, 2.45) is 11.1 Å². The second kappa shape index (κ2) is 5.48. The highest BCUT2D eigenvalue weighted by Gasteiger charge is 2.40. The second-order valence-corrected chi connectivity index (χ2v) is 6.57. The van der Waals surface area contributed by atoms with E-state index in [1.165, 1.54) is 0 Å². The molecule has 5 nitrogen and oxygen atoms in total. The number of hydrogen-bond acceptors (Lipinski definition) is 4. The van der Waals surface area contributed by atoms with Gasteiger partial charge >= 0.3 is 0 Å². The first-order valence-electron chi connectivity index (χ1n) is 6.40. The van der Waals surface area contributed by atoms with Gasteiger partial charge in [0.25, 0.3) is 0 Å². The first kappa shape index (κ1) is 13.7. The molecule has 0 aromatic carbocycles. The van der Waals surface area contributed by atoms with E-state index in [0.717, 1.165) is 18.1 Å². The summed E-state index contributed by atoms with van der Waals surface area (Å²) in [6.45, 7) is 3.94. The summed E-state index contributed by atoms with van der Waals surface area (Å²) >= 11 is 1.88. The smallest absolute Gasteiger partial charge is 0.225 e. The Kier molecular flexibility index (Phi) is 4.17. The summed E-state index contributed by atoms with van der Waals surface area (Å²) < 4.78 is 0. The standard InChI is InChI=1S/C12H21N3O2S/c1-12(11(13)17)2-4-15(8-12)10(16)6-9-7-18-5-3-14-9/h9,14H,2-8H2,1H3,(H2,13,17). The van der Waals surface area contributed by atoms with Crippen LogP contribution in [0.1, 0.15) is 19.8 Å². The fraction of sp³-hybridized carbons (Fsp3) is 0.833. The summed E-state index contributed by atoms with van der Waals surface area (Å²) in [6.07, 6.45) is 1.21. The molecule has 0 saturated carbocycles. The van der Waals surface area contributed by atoms with Crippen molar-refractivity contribution in [2.75, 3.05) is 31.1 Å². The first-order valence-corrected chi connectivity index (χ1v) is 7.55. The van der Waals surface area contributed by atoms with E-state index in [-0.39, 0.29) is 17.9 Å². The Balaban J connectivity index is 1.85. The van der Waals surface area contributed by atoms with Crippen LogP contribution in [-0.2, 0) is 9.59 Å². The van der Waals surface area contributed by atoms with Gasteiger partial charge in [-0.1, -0.05) is 0 Å². The molecule has 2 amide bonds. The van der Waals surface area contributed by atoms with Gasteiger partial charge < -0.3 is 16.0 Å². The molecule has 18 heavy (non-hydrogen) atoms. The Morgan fingerprint density at radius 1 is 1.56 bits per heavy atom. The topological polar surface area (TPSA) is 75.4 Å². The second-order valence-electron chi connectivity index (χ2n) is 5.42. The number of nitrogens with zero attached hydrogens (tertiary/aromatic N) is 1. The van der Waals surface area contributed by atoms with Crippen LogP contribution < -0.4 is 11.1 Å². The minimum Gasteiger partial charge on any atom is -0.369 e. The summed E-state index contributed by atoms with van der Waals surface area (Å²) in [4.78, 5) is 25.3. The molecule has 0 aromatic rings. The fourth-order valence-electron chi connectivity index (χ4n) is 2.47. The minimum atomic E-state index is -0.537. The lowest BCUT2D eigenvalue weighted by atomic mass is 9.89. The highest BCUT2D eigenvalue weighted by atomic mass is 32.2. The van der Waals surface area contributed by atoms with Gasteiger partial charge in [-0.15, -0.1) is 0 Å². The third-order valence-corrected chi connectivity index (χ3v) is 4.97. The molecule has 2 aliphatic heterocycles. The Morgan fingerprint density at radius 2 is 2.33 bits per heavy atom. The summed E-state index contributed by atoms with van der Waals surface area (Å²) in [6, 6.07) is 0.275. The first-order chi connectivity index (χ1) is 8.51. The van der Waals surface area contributed by atoms with Gasteiger partial charge in [-0.25, -0.2) is 0 Å². The quantitative estimate of drug-likeness (QED) is 0.746. The zero-order valence-corrected chi connectivity index (χ0v) is 11.6. The Bertz CT molecular complexity index is 344. The van der Waals surface area contributed by atoms with Crippen molar-refractivity contribution in [3.8, 4) is 0 Å². The van der Waals surface area contributed by atoms with Crippen molar-refractivity contribution in [1.82, 2.24) is 10.2 Å². The normalized spacial score (nSPS) is 32.5. The van der Waals surface area contributed by atoms with E-state index in [1.54, 1.807) is 4.90 Å². The molecule has 2 aliphatic rings. The number of hydrogen-bond donors (Lipinski definition) is 2. The lowest BCUT2D eigenvalue weighted by molar-refractivity contribution is -0.132. The van der Waals surface area contributed by atoms with Crippen LogP contribution in [0, 0.1) is 5.41 Å². The Morgan fingerprint density at radius 3 is 2.89 bits per heavy atom. The van der Waals surface area contributed by atoms with Gasteiger partial charge in [0, 0.05) is 43.6 Å². The van der Waals surface area contributed by atoms with Gasteiger partial charge in [-0.2, -0.15) is 11.8 Å². The van der Waals surface area contributed by atoms with Crippen molar-refractivity contribution in [2.45, 2.75) is 25.8 Å². The van der Waals surface area contributed by atoms with Gasteiger partial charge in [0.1, 0.15) is 0 Å². The van der Waals surface area contributed by atoms with E-state index in [4.69, 9.17) is 5.73 Å². The zero-order valence-electron chi connectivity index (χ0n) is 10.8. The average Bonchev–Trinajstić information content (AvgIpc) is 2.75. The van der Waals surface area contributed by atoms with Crippen LogP contribution in [0.3, 0.4) is 0 Å². The lowest BCUT2D eigenvalue weighted by Gasteiger charge is -2.26. The maximum Gasteiger partial charge on any atom is 0.225 e. The summed E-state index contributed by atoms with van der Waals surface area (Å²) in [5.41, 5.74) is 4.85. The number of amides is 2. The molecule has 2 atom stereocenters. The van der Waals surface area contributed by atoms with Crippen molar-refractivity contribution < 1.29 is 9.59 Å². The van der Waals surface area contributed by atoms with Crippen LogP contribution in [-0.4, -0.2) is 53.9 Å². The number of nitrogens with two attached hydrogens (primary N) is 1. The molecule has 3 N–H and O–H groups in total. The van der Waals surface area contributed by atoms with E-state index < -0.39 is 5.41 Å². The number of likely N-dealkylation sites (tertiary alicyclic amines) is 1.